The van der Waals surface area contributed by atoms with E-state index in [9.17, 15) is 15.0 Å². The molecule has 5 rings (SSSR count). The van der Waals surface area contributed by atoms with E-state index in [1.165, 1.54) is 0 Å². The lowest BCUT2D eigenvalue weighted by Gasteiger charge is -2.38. The molecule has 2 amide bonds. The first-order chi connectivity index (χ1) is 20.1. The van der Waals surface area contributed by atoms with Crippen molar-refractivity contribution < 1.29 is 24.5 Å². The lowest BCUT2D eigenvalue weighted by molar-refractivity contribution is -0.253. The van der Waals surface area contributed by atoms with Gasteiger partial charge in [0.15, 0.2) is 6.29 Å². The number of hydrogen-bond acceptors (Lipinski definition) is 6. The molecule has 3 aromatic rings. The first-order valence-corrected chi connectivity index (χ1v) is 14.6. The van der Waals surface area contributed by atoms with Gasteiger partial charge in [-0.15, -0.1) is 0 Å². The lowest BCUT2D eigenvalue weighted by atomic mass is 9.99. The molecule has 2 heterocycles. The second kappa shape index (κ2) is 14.1. The highest BCUT2D eigenvalue weighted by molar-refractivity contribution is 5.73. The molecule has 8 heteroatoms. The molecule has 2 aliphatic heterocycles. The van der Waals surface area contributed by atoms with Crippen molar-refractivity contribution in [2.75, 3.05) is 26.2 Å². The fourth-order valence-electron chi connectivity index (χ4n) is 5.74. The molecule has 0 spiro atoms. The van der Waals surface area contributed by atoms with Gasteiger partial charge >= 0.3 is 6.03 Å². The van der Waals surface area contributed by atoms with Crippen molar-refractivity contribution in [1.82, 2.24) is 15.5 Å². The van der Waals surface area contributed by atoms with Crippen LogP contribution in [0.3, 0.4) is 0 Å². The van der Waals surface area contributed by atoms with Gasteiger partial charge in [-0.1, -0.05) is 66.7 Å². The molecule has 0 radical (unpaired) electrons. The molecule has 2 saturated heterocycles. The molecule has 4 unspecified atom stereocenters. The number of aliphatic hydroxyl groups excluding tert-OH is 2. The molecule has 4 N–H and O–H groups in total. The second-order valence-corrected chi connectivity index (χ2v) is 10.9. The van der Waals surface area contributed by atoms with Crippen molar-refractivity contribution in [3.05, 3.63) is 95.1 Å². The Balaban J connectivity index is 1.31. The van der Waals surface area contributed by atoms with E-state index in [0.717, 1.165) is 65.7 Å². The van der Waals surface area contributed by atoms with E-state index >= 15 is 0 Å². The Morgan fingerprint density at radius 2 is 1.71 bits per heavy atom. The van der Waals surface area contributed by atoms with Crippen LogP contribution in [0.5, 0.6) is 0 Å². The van der Waals surface area contributed by atoms with E-state index in [-0.39, 0.29) is 37.5 Å². The van der Waals surface area contributed by atoms with Crippen LogP contribution in [0.15, 0.2) is 72.8 Å². The standard InChI is InChI=1S/C33H41N3O5/c1-2-34-33(39)35-19-24-5-3-6-28(17-24)25-12-14-27(15-13-25)32-40-30(20-36-16-4-7-29(36)22-38)18-31(41-32)26-10-8-23(21-37)9-11-26/h3,5-6,8-15,17,29-32,37-38H,2,4,7,16,18-22H2,1H3,(H2,34,35,39). The van der Waals surface area contributed by atoms with E-state index in [2.05, 4.69) is 51.9 Å². The number of carbonyl (C=O) groups excluding carboxylic acids is 1. The molecule has 2 aliphatic rings. The summed E-state index contributed by atoms with van der Waals surface area (Å²) >= 11 is 0. The highest BCUT2D eigenvalue weighted by atomic mass is 16.7. The summed E-state index contributed by atoms with van der Waals surface area (Å²) in [6, 6.07) is 24.4. The number of aliphatic hydroxyl groups is 2. The average Bonchev–Trinajstić information content (AvgIpc) is 3.47. The Bertz CT molecular complexity index is 1270. The van der Waals surface area contributed by atoms with Crippen molar-refractivity contribution in [3.63, 3.8) is 0 Å². The Morgan fingerprint density at radius 1 is 0.927 bits per heavy atom. The number of nitrogens with one attached hydrogen (secondary N) is 2. The van der Waals surface area contributed by atoms with Crippen molar-refractivity contribution in [2.45, 2.75) is 63.9 Å². The molecule has 41 heavy (non-hydrogen) atoms. The summed E-state index contributed by atoms with van der Waals surface area (Å²) in [6.45, 7) is 4.85. The smallest absolute Gasteiger partial charge is 0.315 e. The first kappa shape index (κ1) is 29.2. The van der Waals surface area contributed by atoms with Crippen LogP contribution in [0.4, 0.5) is 4.79 Å². The molecule has 2 fully saturated rings. The molecule has 0 aliphatic carbocycles. The molecule has 3 aromatic carbocycles. The van der Waals surface area contributed by atoms with Gasteiger partial charge in [-0.3, -0.25) is 4.90 Å². The Kier molecular flexibility index (Phi) is 10.0. The van der Waals surface area contributed by atoms with Crippen molar-refractivity contribution >= 4 is 6.03 Å². The number of carbonyl (C=O) groups is 1. The quantitative estimate of drug-likeness (QED) is 0.288. The van der Waals surface area contributed by atoms with Crippen LogP contribution < -0.4 is 10.6 Å². The molecule has 4 atom stereocenters. The molecule has 0 saturated carbocycles. The minimum atomic E-state index is -0.520. The van der Waals surface area contributed by atoms with Crippen LogP contribution in [0, 0.1) is 0 Å². The molecule has 218 valence electrons. The summed E-state index contributed by atoms with van der Waals surface area (Å²) in [6.07, 6.45) is 2.12. The summed E-state index contributed by atoms with van der Waals surface area (Å²) in [5, 5.41) is 24.9. The van der Waals surface area contributed by atoms with Gasteiger partial charge in [0.1, 0.15) is 0 Å². The Labute approximate surface area is 242 Å². The fraction of sp³-hybridized carbons (Fsp3) is 0.424. The van der Waals surface area contributed by atoms with Crippen LogP contribution in [-0.4, -0.2) is 59.5 Å². The second-order valence-electron chi connectivity index (χ2n) is 10.9. The molecular weight excluding hydrogens is 518 g/mol. The number of nitrogens with zero attached hydrogens (tertiary/aromatic N) is 1. The van der Waals surface area contributed by atoms with Crippen LogP contribution in [-0.2, 0) is 22.6 Å². The number of ether oxygens (including phenoxy) is 2. The summed E-state index contributed by atoms with van der Waals surface area (Å²) in [4.78, 5) is 14.1. The monoisotopic (exact) mass is 559 g/mol. The van der Waals surface area contributed by atoms with Gasteiger partial charge in [-0.25, -0.2) is 4.79 Å². The van der Waals surface area contributed by atoms with Crippen molar-refractivity contribution in [1.29, 1.82) is 0 Å². The van der Waals surface area contributed by atoms with Crippen molar-refractivity contribution in [3.8, 4) is 11.1 Å². The van der Waals surface area contributed by atoms with Gasteiger partial charge in [0.2, 0.25) is 0 Å². The third kappa shape index (κ3) is 7.52. The maximum Gasteiger partial charge on any atom is 0.315 e. The minimum absolute atomic E-state index is 0.0115. The fourth-order valence-corrected chi connectivity index (χ4v) is 5.74. The van der Waals surface area contributed by atoms with Crippen LogP contribution in [0.1, 0.15) is 60.8 Å². The van der Waals surface area contributed by atoms with Gasteiger partial charge in [-0.05, 0) is 60.2 Å². The third-order valence-electron chi connectivity index (χ3n) is 8.00. The third-order valence-corrected chi connectivity index (χ3v) is 8.00. The maximum absolute atomic E-state index is 11.8. The first-order valence-electron chi connectivity index (χ1n) is 14.6. The number of amides is 2. The van der Waals surface area contributed by atoms with Gasteiger partial charge in [-0.2, -0.15) is 0 Å². The van der Waals surface area contributed by atoms with Gasteiger partial charge in [0, 0.05) is 37.7 Å². The van der Waals surface area contributed by atoms with E-state index in [1.54, 1.807) is 0 Å². The van der Waals surface area contributed by atoms with E-state index in [1.807, 2.05) is 43.3 Å². The van der Waals surface area contributed by atoms with Crippen LogP contribution >= 0.6 is 0 Å². The zero-order valence-electron chi connectivity index (χ0n) is 23.7. The van der Waals surface area contributed by atoms with E-state index in [0.29, 0.717) is 13.1 Å². The SMILES string of the molecule is CCNC(=O)NCc1cccc(-c2ccc(C3OC(CN4CCCC4CO)CC(c4ccc(CO)cc4)O3)cc2)c1. The predicted octanol–water partition coefficient (Wildman–Crippen LogP) is 4.67. The normalized spacial score (nSPS) is 22.9. The molecule has 8 nitrogen and oxygen atoms in total. The summed E-state index contributed by atoms with van der Waals surface area (Å²) in [5.41, 5.74) is 6.05. The Morgan fingerprint density at radius 3 is 2.44 bits per heavy atom. The van der Waals surface area contributed by atoms with Gasteiger partial charge in [0.25, 0.3) is 0 Å². The lowest BCUT2D eigenvalue weighted by Crippen LogP contribution is -2.42. The zero-order valence-corrected chi connectivity index (χ0v) is 23.7. The summed E-state index contributed by atoms with van der Waals surface area (Å²) in [7, 11) is 0. The van der Waals surface area contributed by atoms with Gasteiger partial charge < -0.3 is 30.3 Å². The predicted molar refractivity (Wildman–Crippen MR) is 158 cm³/mol. The highest BCUT2D eigenvalue weighted by Crippen LogP contribution is 2.39. The molecule has 0 bridgehead atoms. The number of hydrogen-bond donors (Lipinski definition) is 4. The van der Waals surface area contributed by atoms with Crippen LogP contribution in [0.2, 0.25) is 0 Å². The van der Waals surface area contributed by atoms with Crippen molar-refractivity contribution in [2.24, 2.45) is 0 Å². The number of urea groups is 1. The largest absolute Gasteiger partial charge is 0.395 e. The summed E-state index contributed by atoms with van der Waals surface area (Å²) < 4.78 is 13.1. The number of likely N-dealkylation sites (tertiary alicyclic amines) is 1. The maximum atomic E-state index is 11.8. The molecule has 0 aromatic heterocycles. The zero-order chi connectivity index (χ0) is 28.6. The minimum Gasteiger partial charge on any atom is -0.395 e. The van der Waals surface area contributed by atoms with Crippen LogP contribution in [0.25, 0.3) is 11.1 Å². The number of rotatable bonds is 10. The van der Waals surface area contributed by atoms with Gasteiger partial charge in [0.05, 0.1) is 25.4 Å². The van der Waals surface area contributed by atoms with E-state index < -0.39 is 6.29 Å². The average molecular weight is 560 g/mol. The highest BCUT2D eigenvalue weighted by Gasteiger charge is 2.35. The topological polar surface area (TPSA) is 103 Å². The van der Waals surface area contributed by atoms with E-state index in [4.69, 9.17) is 9.47 Å². The summed E-state index contributed by atoms with van der Waals surface area (Å²) in [5.74, 6) is 0. The number of benzene rings is 3. The Hall–Kier alpha value is -3.27. The molecular formula is C33H41N3O5.